The van der Waals surface area contributed by atoms with Crippen LogP contribution >= 0.6 is 0 Å². The first kappa shape index (κ1) is 11.4. The fourth-order valence-electron chi connectivity index (χ4n) is 1.38. The van der Waals surface area contributed by atoms with E-state index in [-0.39, 0.29) is 5.83 Å². The summed E-state index contributed by atoms with van der Waals surface area (Å²) >= 11 is 0. The van der Waals surface area contributed by atoms with E-state index < -0.39 is 0 Å². The molecule has 1 heteroatoms. The minimum atomic E-state index is -0.194. The first-order valence-corrected chi connectivity index (χ1v) is 4.64. The van der Waals surface area contributed by atoms with Crippen LogP contribution in [-0.4, -0.2) is 0 Å². The highest BCUT2D eigenvalue weighted by Crippen LogP contribution is 2.20. The average molecular weight is 170 g/mol. The van der Waals surface area contributed by atoms with Crippen molar-refractivity contribution >= 4 is 0 Å². The Bertz CT molecular complexity index is 138. The van der Waals surface area contributed by atoms with Gasteiger partial charge in [-0.25, -0.2) is 4.39 Å². The van der Waals surface area contributed by atoms with Gasteiger partial charge in [-0.05, 0) is 25.2 Å². The molecule has 0 aromatic carbocycles. The molecule has 0 aliphatic heterocycles. The zero-order valence-corrected chi connectivity index (χ0v) is 7.98. The Morgan fingerprint density at radius 2 is 2.17 bits per heavy atom. The highest BCUT2D eigenvalue weighted by Gasteiger charge is 2.05. The van der Waals surface area contributed by atoms with Gasteiger partial charge in [0, 0.05) is 0 Å². The maximum absolute atomic E-state index is 12.3. The second kappa shape index (κ2) is 7.08. The zero-order valence-electron chi connectivity index (χ0n) is 7.98. The molecule has 0 fully saturated rings. The van der Waals surface area contributed by atoms with Gasteiger partial charge in [0.15, 0.2) is 0 Å². The third kappa shape index (κ3) is 6.14. The van der Waals surface area contributed by atoms with Crippen molar-refractivity contribution in [3.63, 3.8) is 0 Å². The first-order valence-electron chi connectivity index (χ1n) is 4.64. The molecule has 1 atom stereocenters. The summed E-state index contributed by atoms with van der Waals surface area (Å²) in [7, 11) is 0. The predicted octanol–water partition coefficient (Wildman–Crippen LogP) is 4.24. The van der Waals surface area contributed by atoms with Gasteiger partial charge in [-0.15, -0.1) is 6.58 Å². The molecular weight excluding hydrogens is 151 g/mol. The second-order valence-electron chi connectivity index (χ2n) is 3.24. The van der Waals surface area contributed by atoms with Crippen molar-refractivity contribution in [1.82, 2.24) is 0 Å². The quantitative estimate of drug-likeness (QED) is 0.501. The van der Waals surface area contributed by atoms with E-state index in [9.17, 15) is 4.39 Å². The fraction of sp³-hybridized carbons (Fsp3) is 0.636. The van der Waals surface area contributed by atoms with Gasteiger partial charge in [0.05, 0.1) is 5.83 Å². The maximum Gasteiger partial charge on any atom is 0.0928 e. The van der Waals surface area contributed by atoms with Gasteiger partial charge in [0.2, 0.25) is 0 Å². The molecule has 70 valence electrons. The van der Waals surface area contributed by atoms with E-state index >= 15 is 0 Å². The highest BCUT2D eigenvalue weighted by atomic mass is 19.1. The number of hydrogen-bond donors (Lipinski definition) is 0. The predicted molar refractivity (Wildman–Crippen MR) is 52.7 cm³/mol. The van der Waals surface area contributed by atoms with Crippen molar-refractivity contribution in [2.24, 2.45) is 5.92 Å². The number of rotatable bonds is 7. The molecule has 12 heavy (non-hydrogen) atoms. The van der Waals surface area contributed by atoms with Gasteiger partial charge in [-0.3, -0.25) is 0 Å². The van der Waals surface area contributed by atoms with Crippen LogP contribution in [0.2, 0.25) is 0 Å². The summed E-state index contributed by atoms with van der Waals surface area (Å²) in [6.07, 6.45) is 6.67. The van der Waals surface area contributed by atoms with Crippen LogP contribution in [0.1, 0.15) is 39.0 Å². The fourth-order valence-corrected chi connectivity index (χ4v) is 1.38. The summed E-state index contributed by atoms with van der Waals surface area (Å²) in [5.41, 5.74) is 0. The van der Waals surface area contributed by atoms with Gasteiger partial charge >= 0.3 is 0 Å². The summed E-state index contributed by atoms with van der Waals surface area (Å²) in [6.45, 7) is 9.10. The molecule has 0 bridgehead atoms. The minimum Gasteiger partial charge on any atom is -0.212 e. The zero-order chi connectivity index (χ0) is 9.40. The molecule has 0 aliphatic rings. The van der Waals surface area contributed by atoms with Crippen LogP contribution in [0.4, 0.5) is 4.39 Å². The highest BCUT2D eigenvalue weighted by molar-refractivity contribution is 4.82. The lowest BCUT2D eigenvalue weighted by atomic mass is 9.94. The van der Waals surface area contributed by atoms with Gasteiger partial charge in [0.1, 0.15) is 0 Å². The summed E-state index contributed by atoms with van der Waals surface area (Å²) in [5.74, 6) is 0.403. The molecule has 0 aromatic rings. The van der Waals surface area contributed by atoms with Crippen molar-refractivity contribution in [2.75, 3.05) is 0 Å². The van der Waals surface area contributed by atoms with E-state index in [0.29, 0.717) is 12.3 Å². The second-order valence-corrected chi connectivity index (χ2v) is 3.24. The van der Waals surface area contributed by atoms with E-state index in [1.54, 1.807) is 0 Å². The van der Waals surface area contributed by atoms with Crippen LogP contribution in [0.5, 0.6) is 0 Å². The smallest absolute Gasteiger partial charge is 0.0928 e. The molecule has 0 amide bonds. The summed E-state index contributed by atoms with van der Waals surface area (Å²) in [6, 6.07) is 0. The minimum absolute atomic E-state index is 0.194. The van der Waals surface area contributed by atoms with Crippen LogP contribution in [0, 0.1) is 5.92 Å². The largest absolute Gasteiger partial charge is 0.212 e. The molecule has 0 heterocycles. The lowest BCUT2D eigenvalue weighted by Crippen LogP contribution is -1.98. The summed E-state index contributed by atoms with van der Waals surface area (Å²) < 4.78 is 12.3. The number of allylic oxidation sites excluding steroid dienone is 2. The van der Waals surface area contributed by atoms with E-state index in [0.717, 1.165) is 19.3 Å². The lowest BCUT2D eigenvalue weighted by molar-refractivity contribution is 0.428. The number of halogens is 1. The molecule has 0 saturated carbocycles. The van der Waals surface area contributed by atoms with Crippen LogP contribution in [0.3, 0.4) is 0 Å². The van der Waals surface area contributed by atoms with Crippen molar-refractivity contribution in [3.05, 3.63) is 25.1 Å². The molecule has 0 spiro atoms. The lowest BCUT2D eigenvalue weighted by Gasteiger charge is -2.12. The van der Waals surface area contributed by atoms with Crippen molar-refractivity contribution in [2.45, 2.75) is 39.0 Å². The molecule has 0 nitrogen and oxygen atoms in total. The normalized spacial score (nSPS) is 12.5. The Morgan fingerprint density at radius 1 is 1.50 bits per heavy atom. The van der Waals surface area contributed by atoms with Gasteiger partial charge in [-0.2, -0.15) is 0 Å². The molecule has 0 rings (SSSR count). The first-order chi connectivity index (χ1) is 5.70. The monoisotopic (exact) mass is 170 g/mol. The van der Waals surface area contributed by atoms with E-state index in [1.807, 2.05) is 6.08 Å². The average Bonchev–Trinajstić information content (AvgIpc) is 2.01. The molecular formula is C11H19F. The number of hydrogen-bond acceptors (Lipinski definition) is 0. The topological polar surface area (TPSA) is 0 Å². The third-order valence-electron chi connectivity index (χ3n) is 2.02. The standard InChI is InChI=1S/C11H19F/c1-4-6-11(7-5-2)9-8-10(3)12/h4,11H,1,3,5-9H2,2H3. The van der Waals surface area contributed by atoms with Gasteiger partial charge in [-0.1, -0.05) is 32.4 Å². The summed E-state index contributed by atoms with van der Waals surface area (Å²) in [5, 5.41) is 0. The van der Waals surface area contributed by atoms with Crippen molar-refractivity contribution < 1.29 is 4.39 Å². The Kier molecular flexibility index (Phi) is 6.73. The Labute approximate surface area is 75.2 Å². The van der Waals surface area contributed by atoms with Crippen LogP contribution < -0.4 is 0 Å². The molecule has 0 radical (unpaired) electrons. The molecule has 0 saturated heterocycles. The Hall–Kier alpha value is -0.590. The van der Waals surface area contributed by atoms with Crippen LogP contribution in [0.15, 0.2) is 25.1 Å². The summed E-state index contributed by atoms with van der Waals surface area (Å²) in [4.78, 5) is 0. The molecule has 1 unspecified atom stereocenters. The third-order valence-corrected chi connectivity index (χ3v) is 2.02. The molecule has 0 N–H and O–H groups in total. The van der Waals surface area contributed by atoms with Crippen molar-refractivity contribution in [1.29, 1.82) is 0 Å². The van der Waals surface area contributed by atoms with Crippen molar-refractivity contribution in [3.8, 4) is 0 Å². The Balaban J connectivity index is 3.61. The van der Waals surface area contributed by atoms with Crippen LogP contribution in [0.25, 0.3) is 0 Å². The van der Waals surface area contributed by atoms with E-state index in [4.69, 9.17) is 0 Å². The van der Waals surface area contributed by atoms with Gasteiger partial charge < -0.3 is 0 Å². The molecule has 0 aromatic heterocycles. The van der Waals surface area contributed by atoms with E-state index in [2.05, 4.69) is 20.1 Å². The Morgan fingerprint density at radius 3 is 2.58 bits per heavy atom. The SMILES string of the molecule is C=CCC(CCC)CCC(=C)F. The maximum atomic E-state index is 12.3. The van der Waals surface area contributed by atoms with E-state index in [1.165, 1.54) is 6.42 Å². The van der Waals surface area contributed by atoms with Crippen LogP contribution in [-0.2, 0) is 0 Å². The molecule has 0 aliphatic carbocycles. The van der Waals surface area contributed by atoms with Gasteiger partial charge in [0.25, 0.3) is 0 Å².